The second-order valence-corrected chi connectivity index (χ2v) is 7.28. The number of pyridine rings is 1. The first-order valence-electron chi connectivity index (χ1n) is 9.58. The third-order valence-electron chi connectivity index (χ3n) is 5.55. The maximum absolute atomic E-state index is 12.5. The zero-order valence-corrected chi connectivity index (χ0v) is 16.6. The van der Waals surface area contributed by atoms with Gasteiger partial charge < -0.3 is 9.88 Å². The first-order valence-corrected chi connectivity index (χ1v) is 9.58. The van der Waals surface area contributed by atoms with Crippen LogP contribution in [0, 0.1) is 6.92 Å². The highest BCUT2D eigenvalue weighted by Crippen LogP contribution is 2.27. The molecular weight excluding hydrogens is 372 g/mol. The van der Waals surface area contributed by atoms with Gasteiger partial charge in [0.1, 0.15) is 5.65 Å². The number of benzene rings is 2. The number of hydrogen-bond donors (Lipinski definition) is 1. The Labute approximate surface area is 169 Å². The second-order valence-electron chi connectivity index (χ2n) is 7.28. The molecule has 6 heteroatoms. The Kier molecular flexibility index (Phi) is 4.85. The number of fused-ring (bicyclic) bond motifs is 3. The van der Waals surface area contributed by atoms with Gasteiger partial charge in [0.05, 0.1) is 11.4 Å². The summed E-state index contributed by atoms with van der Waals surface area (Å²) in [5.74, 6) is 0. The SMILES string of the molecule is Cc1nn(-c2ccc(N3CCCCC3)cc2)c2[nH]c(=O)c3ccccc3c12.Cl. The number of anilines is 1. The summed E-state index contributed by atoms with van der Waals surface area (Å²) < 4.78 is 1.85. The predicted octanol–water partition coefficient (Wildman–Crippen LogP) is 4.59. The van der Waals surface area contributed by atoms with Crippen LogP contribution in [0.3, 0.4) is 0 Å². The number of aromatic nitrogens is 3. The maximum Gasteiger partial charge on any atom is 0.257 e. The molecule has 0 aliphatic carbocycles. The summed E-state index contributed by atoms with van der Waals surface area (Å²) in [6.07, 6.45) is 3.85. The molecular formula is C22H23ClN4O. The molecule has 2 aromatic heterocycles. The summed E-state index contributed by atoms with van der Waals surface area (Å²) in [4.78, 5) is 18.0. The minimum absolute atomic E-state index is 0. The van der Waals surface area contributed by atoms with E-state index in [2.05, 4.69) is 34.1 Å². The van der Waals surface area contributed by atoms with Gasteiger partial charge in [-0.25, -0.2) is 4.68 Å². The molecule has 0 radical (unpaired) electrons. The quantitative estimate of drug-likeness (QED) is 0.541. The van der Waals surface area contributed by atoms with Gasteiger partial charge in [-0.05, 0) is 56.5 Å². The van der Waals surface area contributed by atoms with E-state index in [4.69, 9.17) is 5.10 Å². The van der Waals surface area contributed by atoms with Gasteiger partial charge in [-0.2, -0.15) is 5.10 Å². The molecule has 1 aliphatic heterocycles. The summed E-state index contributed by atoms with van der Waals surface area (Å²) in [6, 6.07) is 16.2. The largest absolute Gasteiger partial charge is 0.372 e. The highest BCUT2D eigenvalue weighted by molar-refractivity contribution is 6.05. The summed E-state index contributed by atoms with van der Waals surface area (Å²) in [5, 5.41) is 7.38. The predicted molar refractivity (Wildman–Crippen MR) is 117 cm³/mol. The zero-order chi connectivity index (χ0) is 18.4. The maximum atomic E-state index is 12.5. The van der Waals surface area contributed by atoms with E-state index in [1.807, 2.05) is 35.9 Å². The molecule has 0 amide bonds. The normalized spacial score (nSPS) is 14.4. The Balaban J connectivity index is 0.00000192. The number of piperidine rings is 1. The van der Waals surface area contributed by atoms with E-state index >= 15 is 0 Å². The van der Waals surface area contributed by atoms with Crippen molar-refractivity contribution in [2.24, 2.45) is 0 Å². The molecule has 2 aromatic carbocycles. The van der Waals surface area contributed by atoms with Gasteiger partial charge in [0, 0.05) is 34.9 Å². The van der Waals surface area contributed by atoms with Gasteiger partial charge in [-0.1, -0.05) is 18.2 Å². The monoisotopic (exact) mass is 394 g/mol. The van der Waals surface area contributed by atoms with Crippen LogP contribution in [-0.2, 0) is 0 Å². The number of halogens is 1. The number of H-pyrrole nitrogens is 1. The van der Waals surface area contributed by atoms with Crippen LogP contribution in [0.25, 0.3) is 27.5 Å². The Hall–Kier alpha value is -2.79. The van der Waals surface area contributed by atoms with E-state index in [9.17, 15) is 4.79 Å². The Bertz CT molecular complexity index is 1190. The summed E-state index contributed by atoms with van der Waals surface area (Å²) >= 11 is 0. The fourth-order valence-corrected chi connectivity index (χ4v) is 4.18. The van der Waals surface area contributed by atoms with E-state index < -0.39 is 0 Å². The van der Waals surface area contributed by atoms with Gasteiger partial charge in [-0.3, -0.25) is 4.79 Å². The van der Waals surface area contributed by atoms with Crippen LogP contribution in [0.2, 0.25) is 0 Å². The molecule has 0 unspecified atom stereocenters. The van der Waals surface area contributed by atoms with Crippen LogP contribution < -0.4 is 10.5 Å². The Morgan fingerprint density at radius 3 is 2.25 bits per heavy atom. The molecule has 144 valence electrons. The van der Waals surface area contributed by atoms with Crippen molar-refractivity contribution in [3.8, 4) is 5.69 Å². The number of hydrogen-bond acceptors (Lipinski definition) is 3. The van der Waals surface area contributed by atoms with Crippen LogP contribution >= 0.6 is 12.4 Å². The van der Waals surface area contributed by atoms with Gasteiger partial charge in [-0.15, -0.1) is 12.4 Å². The smallest absolute Gasteiger partial charge is 0.257 e. The third-order valence-corrected chi connectivity index (χ3v) is 5.55. The van der Waals surface area contributed by atoms with E-state index in [1.54, 1.807) is 0 Å². The number of rotatable bonds is 2. The minimum atomic E-state index is -0.0795. The van der Waals surface area contributed by atoms with Gasteiger partial charge >= 0.3 is 0 Å². The topological polar surface area (TPSA) is 53.9 Å². The summed E-state index contributed by atoms with van der Waals surface area (Å²) in [7, 11) is 0. The zero-order valence-electron chi connectivity index (χ0n) is 15.8. The molecule has 0 saturated carbocycles. The molecule has 1 N–H and O–H groups in total. The average Bonchev–Trinajstić information content (AvgIpc) is 3.05. The van der Waals surface area contributed by atoms with E-state index in [1.165, 1.54) is 24.9 Å². The van der Waals surface area contributed by atoms with Crippen LogP contribution in [-0.4, -0.2) is 27.9 Å². The number of nitrogens with one attached hydrogen (secondary N) is 1. The highest BCUT2D eigenvalue weighted by atomic mass is 35.5. The average molecular weight is 395 g/mol. The lowest BCUT2D eigenvalue weighted by Gasteiger charge is -2.28. The lowest BCUT2D eigenvalue weighted by atomic mass is 10.1. The molecule has 1 saturated heterocycles. The molecule has 0 atom stereocenters. The van der Waals surface area contributed by atoms with Crippen LogP contribution in [0.4, 0.5) is 5.69 Å². The molecule has 1 aliphatic rings. The molecule has 5 rings (SSSR count). The van der Waals surface area contributed by atoms with E-state index in [0.29, 0.717) is 5.39 Å². The lowest BCUT2D eigenvalue weighted by Crippen LogP contribution is -2.29. The van der Waals surface area contributed by atoms with Crippen molar-refractivity contribution in [3.63, 3.8) is 0 Å². The van der Waals surface area contributed by atoms with Crippen LogP contribution in [0.1, 0.15) is 25.0 Å². The van der Waals surface area contributed by atoms with Crippen LogP contribution in [0.15, 0.2) is 53.3 Å². The van der Waals surface area contributed by atoms with Crippen molar-refractivity contribution in [1.29, 1.82) is 0 Å². The summed E-state index contributed by atoms with van der Waals surface area (Å²) in [5.41, 5.74) is 3.80. The number of nitrogens with zero attached hydrogens (tertiary/aromatic N) is 3. The molecule has 5 nitrogen and oxygen atoms in total. The summed E-state index contributed by atoms with van der Waals surface area (Å²) in [6.45, 7) is 4.25. The molecule has 1 fully saturated rings. The van der Waals surface area contributed by atoms with E-state index in [-0.39, 0.29) is 18.0 Å². The number of aromatic amines is 1. The minimum Gasteiger partial charge on any atom is -0.372 e. The first kappa shape index (κ1) is 18.6. The van der Waals surface area contributed by atoms with Crippen molar-refractivity contribution < 1.29 is 0 Å². The Morgan fingerprint density at radius 2 is 1.54 bits per heavy atom. The van der Waals surface area contributed by atoms with Crippen molar-refractivity contribution in [3.05, 3.63) is 64.6 Å². The fourth-order valence-electron chi connectivity index (χ4n) is 4.18. The van der Waals surface area contributed by atoms with Crippen molar-refractivity contribution in [2.75, 3.05) is 18.0 Å². The van der Waals surface area contributed by atoms with Crippen molar-refractivity contribution in [1.82, 2.24) is 14.8 Å². The van der Waals surface area contributed by atoms with Crippen molar-refractivity contribution in [2.45, 2.75) is 26.2 Å². The molecule has 4 aromatic rings. The standard InChI is InChI=1S/C22H22N4O.ClH/c1-15-20-18-7-3-4-8-19(18)22(27)23-21(20)26(24-15)17-11-9-16(10-12-17)25-13-5-2-6-14-25;/h3-4,7-12H,2,5-6,13-14H2,1H3,(H,23,27);1H. The first-order chi connectivity index (χ1) is 13.2. The second kappa shape index (κ2) is 7.32. The Morgan fingerprint density at radius 1 is 0.893 bits per heavy atom. The molecule has 0 bridgehead atoms. The highest BCUT2D eigenvalue weighted by Gasteiger charge is 2.15. The van der Waals surface area contributed by atoms with Gasteiger partial charge in [0.2, 0.25) is 0 Å². The molecule has 28 heavy (non-hydrogen) atoms. The number of aryl methyl sites for hydroxylation is 1. The van der Waals surface area contributed by atoms with Crippen LogP contribution in [0.5, 0.6) is 0 Å². The lowest BCUT2D eigenvalue weighted by molar-refractivity contribution is 0.578. The molecule has 0 spiro atoms. The van der Waals surface area contributed by atoms with Gasteiger partial charge in [0.25, 0.3) is 5.56 Å². The molecule has 3 heterocycles. The fraction of sp³-hybridized carbons (Fsp3) is 0.273. The third kappa shape index (κ3) is 2.96. The van der Waals surface area contributed by atoms with E-state index in [0.717, 1.165) is 40.9 Å². The van der Waals surface area contributed by atoms with Gasteiger partial charge in [0.15, 0.2) is 0 Å². The van der Waals surface area contributed by atoms with Crippen molar-refractivity contribution >= 4 is 39.9 Å².